The number of rotatable bonds is 3. The van der Waals surface area contributed by atoms with Gasteiger partial charge in [-0.2, -0.15) is 5.10 Å². The van der Waals surface area contributed by atoms with Gasteiger partial charge in [0.25, 0.3) is 5.56 Å². The van der Waals surface area contributed by atoms with Crippen LogP contribution in [-0.2, 0) is 4.74 Å². The minimum absolute atomic E-state index is 0.131. The molecule has 2 fully saturated rings. The summed E-state index contributed by atoms with van der Waals surface area (Å²) < 4.78 is 5.75. The van der Waals surface area contributed by atoms with Crippen molar-refractivity contribution in [1.29, 1.82) is 0 Å². The highest BCUT2D eigenvalue weighted by Gasteiger charge is 2.56. The van der Waals surface area contributed by atoms with Crippen molar-refractivity contribution >= 4 is 17.3 Å². The molecule has 0 aromatic carbocycles. The monoisotopic (exact) mass is 313 g/mol. The Balaban J connectivity index is 1.73. The minimum Gasteiger partial charge on any atom is -0.392 e. The number of ether oxygens (including phenoxy) is 1. The number of piperidine rings is 1. The number of anilines is 1. The molecule has 1 aliphatic carbocycles. The maximum atomic E-state index is 11.5. The second-order valence-electron chi connectivity index (χ2n) is 5.81. The summed E-state index contributed by atoms with van der Waals surface area (Å²) in [6.07, 6.45) is 3.83. The van der Waals surface area contributed by atoms with Crippen LogP contribution in [0, 0.1) is 5.41 Å². The molecule has 0 unspecified atom stereocenters. The Morgan fingerprint density at radius 3 is 2.90 bits per heavy atom. The first-order valence-corrected chi connectivity index (χ1v) is 7.74. The number of aliphatic hydroxyl groups is 1. The average molecular weight is 314 g/mol. The van der Waals surface area contributed by atoms with Gasteiger partial charge in [-0.1, -0.05) is 11.6 Å². The van der Waals surface area contributed by atoms with E-state index >= 15 is 0 Å². The summed E-state index contributed by atoms with van der Waals surface area (Å²) in [4.78, 5) is 13.6. The van der Waals surface area contributed by atoms with Crippen LogP contribution in [0.5, 0.6) is 0 Å². The predicted octanol–water partition coefficient (Wildman–Crippen LogP) is 1.18. The fraction of sp³-hybridized carbons (Fsp3) is 0.714. The van der Waals surface area contributed by atoms with E-state index in [9.17, 15) is 9.90 Å². The van der Waals surface area contributed by atoms with Gasteiger partial charge in [-0.25, -0.2) is 5.10 Å². The molecule has 116 valence electrons. The fourth-order valence-corrected chi connectivity index (χ4v) is 3.79. The molecule has 1 saturated carbocycles. The van der Waals surface area contributed by atoms with Gasteiger partial charge in [-0.05, 0) is 19.8 Å². The van der Waals surface area contributed by atoms with Crippen LogP contribution in [0.15, 0.2) is 11.0 Å². The Labute approximate surface area is 128 Å². The lowest BCUT2D eigenvalue weighted by Gasteiger charge is -2.56. The topological polar surface area (TPSA) is 78.5 Å². The Morgan fingerprint density at radius 2 is 2.29 bits per heavy atom. The lowest BCUT2D eigenvalue weighted by Crippen LogP contribution is -2.62. The zero-order chi connectivity index (χ0) is 15.0. The zero-order valence-corrected chi connectivity index (χ0v) is 12.8. The highest BCUT2D eigenvalue weighted by molar-refractivity contribution is 6.32. The fourth-order valence-electron chi connectivity index (χ4n) is 3.58. The van der Waals surface area contributed by atoms with Gasteiger partial charge in [0.2, 0.25) is 0 Å². The van der Waals surface area contributed by atoms with Crippen LogP contribution in [0.4, 0.5) is 5.69 Å². The third-order valence-corrected chi connectivity index (χ3v) is 5.29. The van der Waals surface area contributed by atoms with Gasteiger partial charge in [0.05, 0.1) is 24.1 Å². The molecule has 2 aliphatic rings. The lowest BCUT2D eigenvalue weighted by atomic mass is 9.58. The summed E-state index contributed by atoms with van der Waals surface area (Å²) in [6.45, 7) is 4.14. The van der Waals surface area contributed by atoms with Crippen LogP contribution in [0.3, 0.4) is 0 Å². The number of hydrogen-bond acceptors (Lipinski definition) is 5. The Hall–Kier alpha value is -1.11. The number of hydrogen-bond donors (Lipinski definition) is 2. The smallest absolute Gasteiger partial charge is 0.285 e. The number of aromatic amines is 1. The maximum Gasteiger partial charge on any atom is 0.285 e. The molecule has 1 aromatic heterocycles. The highest BCUT2D eigenvalue weighted by Crippen LogP contribution is 2.51. The predicted molar refractivity (Wildman–Crippen MR) is 79.8 cm³/mol. The summed E-state index contributed by atoms with van der Waals surface area (Å²) in [5.41, 5.74) is 0.163. The molecule has 2 N–H and O–H groups in total. The number of nitrogens with zero attached hydrogens (tertiary/aromatic N) is 2. The first-order valence-electron chi connectivity index (χ1n) is 7.36. The third-order valence-electron chi connectivity index (χ3n) is 4.92. The van der Waals surface area contributed by atoms with E-state index in [-0.39, 0.29) is 28.2 Å². The van der Waals surface area contributed by atoms with E-state index < -0.39 is 0 Å². The average Bonchev–Trinajstić information content (AvgIpc) is 2.50. The van der Waals surface area contributed by atoms with E-state index in [0.29, 0.717) is 12.3 Å². The SMILES string of the molecule is CCO[C@H]1C[C@@H](O)C12CCN(c1cn[nH]c(=O)c1Cl)CC2. The molecule has 7 heteroatoms. The van der Waals surface area contributed by atoms with Gasteiger partial charge in [-0.3, -0.25) is 4.79 Å². The largest absolute Gasteiger partial charge is 0.392 e. The normalized spacial score (nSPS) is 27.7. The van der Waals surface area contributed by atoms with Gasteiger partial charge in [0, 0.05) is 31.5 Å². The van der Waals surface area contributed by atoms with Gasteiger partial charge in [0.15, 0.2) is 0 Å². The molecule has 2 heterocycles. The molecular formula is C14H20ClN3O3. The standard InChI is InChI=1S/C14H20ClN3O3/c1-2-21-11-7-10(19)14(11)3-5-18(6-4-14)9-8-16-17-13(20)12(9)15/h8,10-11,19H,2-7H2,1H3,(H,17,20)/t10-,11+/m1/s1. The van der Waals surface area contributed by atoms with Crippen molar-refractivity contribution in [2.45, 2.75) is 38.4 Å². The number of nitrogens with one attached hydrogen (secondary N) is 1. The van der Waals surface area contributed by atoms with Crippen molar-refractivity contribution in [1.82, 2.24) is 10.2 Å². The number of aromatic nitrogens is 2. The van der Waals surface area contributed by atoms with Crippen LogP contribution in [0.25, 0.3) is 0 Å². The van der Waals surface area contributed by atoms with Gasteiger partial charge < -0.3 is 14.7 Å². The Morgan fingerprint density at radius 1 is 1.57 bits per heavy atom. The van der Waals surface area contributed by atoms with Crippen molar-refractivity contribution in [2.75, 3.05) is 24.6 Å². The summed E-state index contributed by atoms with van der Waals surface area (Å²) in [5, 5.41) is 16.5. The molecule has 0 bridgehead atoms. The van der Waals surface area contributed by atoms with Crippen molar-refractivity contribution in [3.05, 3.63) is 21.6 Å². The third kappa shape index (κ3) is 2.35. The lowest BCUT2D eigenvalue weighted by molar-refractivity contribution is -0.199. The quantitative estimate of drug-likeness (QED) is 0.876. The Bertz CT molecular complexity index is 567. The molecule has 0 radical (unpaired) electrons. The maximum absolute atomic E-state index is 11.5. The summed E-state index contributed by atoms with van der Waals surface area (Å²) in [5.74, 6) is 0. The number of halogens is 1. The zero-order valence-electron chi connectivity index (χ0n) is 12.0. The number of aliphatic hydroxyl groups excluding tert-OH is 1. The van der Waals surface area contributed by atoms with Crippen LogP contribution in [0.1, 0.15) is 26.2 Å². The van der Waals surface area contributed by atoms with Gasteiger partial charge in [0.1, 0.15) is 5.02 Å². The van der Waals surface area contributed by atoms with Crippen LogP contribution >= 0.6 is 11.6 Å². The second-order valence-corrected chi connectivity index (χ2v) is 6.19. The first kappa shape index (κ1) is 14.8. The van der Waals surface area contributed by atoms with E-state index in [1.165, 1.54) is 0 Å². The molecule has 0 amide bonds. The van der Waals surface area contributed by atoms with Crippen molar-refractivity contribution in [3.8, 4) is 0 Å². The van der Waals surface area contributed by atoms with E-state index in [2.05, 4.69) is 15.1 Å². The first-order chi connectivity index (χ1) is 10.1. The highest BCUT2D eigenvalue weighted by atomic mass is 35.5. The molecular weight excluding hydrogens is 294 g/mol. The molecule has 21 heavy (non-hydrogen) atoms. The summed E-state index contributed by atoms with van der Waals surface area (Å²) in [6, 6.07) is 0. The minimum atomic E-state index is -0.370. The van der Waals surface area contributed by atoms with Crippen molar-refractivity contribution < 1.29 is 9.84 Å². The van der Waals surface area contributed by atoms with Crippen molar-refractivity contribution in [2.24, 2.45) is 5.41 Å². The van der Waals surface area contributed by atoms with Gasteiger partial charge >= 0.3 is 0 Å². The molecule has 1 saturated heterocycles. The summed E-state index contributed by atoms with van der Waals surface area (Å²) >= 11 is 6.05. The Kier molecular flexibility index (Phi) is 3.94. The molecule has 1 spiro atoms. The van der Waals surface area contributed by atoms with E-state index in [0.717, 1.165) is 32.4 Å². The number of H-pyrrole nitrogens is 1. The summed E-state index contributed by atoms with van der Waals surface area (Å²) in [7, 11) is 0. The molecule has 1 aliphatic heterocycles. The second kappa shape index (κ2) is 5.59. The van der Waals surface area contributed by atoms with E-state index in [1.807, 2.05) is 6.92 Å². The molecule has 3 rings (SSSR count). The van der Waals surface area contributed by atoms with E-state index in [1.54, 1.807) is 6.20 Å². The molecule has 2 atom stereocenters. The molecule has 6 nitrogen and oxygen atoms in total. The van der Waals surface area contributed by atoms with Crippen LogP contribution in [-0.4, -0.2) is 47.2 Å². The van der Waals surface area contributed by atoms with E-state index in [4.69, 9.17) is 16.3 Å². The molecule has 1 aromatic rings. The van der Waals surface area contributed by atoms with Crippen LogP contribution in [0.2, 0.25) is 5.02 Å². The van der Waals surface area contributed by atoms with Gasteiger partial charge in [-0.15, -0.1) is 0 Å². The van der Waals surface area contributed by atoms with Crippen LogP contribution < -0.4 is 10.5 Å². The van der Waals surface area contributed by atoms with Crippen molar-refractivity contribution in [3.63, 3.8) is 0 Å².